The Bertz CT molecular complexity index is 2620. The summed E-state index contributed by atoms with van der Waals surface area (Å²) >= 11 is 0. The van der Waals surface area contributed by atoms with Gasteiger partial charge in [0.2, 0.25) is 0 Å². The van der Waals surface area contributed by atoms with Crippen molar-refractivity contribution in [1.82, 2.24) is 19.1 Å². The van der Waals surface area contributed by atoms with Gasteiger partial charge in [-0.05, 0) is 24.3 Å². The van der Waals surface area contributed by atoms with Crippen molar-refractivity contribution in [3.05, 3.63) is 138 Å². The summed E-state index contributed by atoms with van der Waals surface area (Å²) in [7, 11) is -17.9. The normalized spacial score (nSPS) is 26.7. The summed E-state index contributed by atoms with van der Waals surface area (Å²) in [5, 5.41) is 20.7. The van der Waals surface area contributed by atoms with Crippen LogP contribution < -0.4 is 22.5 Å². The first kappa shape index (κ1) is 45.5. The second-order valence-electron chi connectivity index (χ2n) is 12.8. The average molecular weight is 919 g/mol. The maximum Gasteiger partial charge on any atom is 0.490 e. The van der Waals surface area contributed by atoms with E-state index in [1.54, 1.807) is 12.1 Å². The van der Waals surface area contributed by atoms with Crippen LogP contribution in [-0.2, 0) is 50.3 Å². The van der Waals surface area contributed by atoms with Crippen LogP contribution in [0.25, 0.3) is 0 Å². The molecule has 328 valence electrons. The number of carbonyl (C=O) groups excluding carboxylic acids is 2. The Balaban J connectivity index is 1.16. The zero-order valence-corrected chi connectivity index (χ0v) is 33.2. The molecule has 0 spiro atoms. The number of hydrogen-bond donors (Lipinski definition) is 7. The molecule has 6 rings (SSSR count). The molecule has 2 aromatic heterocycles. The number of phosphoric ester groups is 2. The molecule has 2 saturated heterocycles. The Labute approximate surface area is 339 Å². The number of ether oxygens (including phenoxy) is 4. The molecule has 4 aromatic rings. The van der Waals surface area contributed by atoms with Gasteiger partial charge in [-0.2, -0.15) is 8.62 Å². The summed E-state index contributed by atoms with van der Waals surface area (Å²) in [6.07, 6.45) is -12.4. The molecular formula is C32H33N4O22P3. The van der Waals surface area contributed by atoms with Crippen molar-refractivity contribution < 1.29 is 84.8 Å². The predicted octanol–water partition coefficient (Wildman–Crippen LogP) is -0.578. The Hall–Kier alpha value is -5.01. The Morgan fingerprint density at radius 2 is 1.02 bits per heavy atom. The first-order valence-electron chi connectivity index (χ1n) is 17.2. The molecule has 2 aliphatic rings. The van der Waals surface area contributed by atoms with Crippen molar-refractivity contribution in [2.24, 2.45) is 0 Å². The molecule has 0 bridgehead atoms. The number of H-pyrrole nitrogens is 2. The van der Waals surface area contributed by atoms with Crippen LogP contribution in [0.5, 0.6) is 0 Å². The highest BCUT2D eigenvalue weighted by Crippen LogP contribution is 2.68. The Morgan fingerprint density at radius 1 is 0.590 bits per heavy atom. The standard InChI is InChI=1S/C32H33N4O22P3/c37-21-11-13-35(31(43)33-21)27-24(40)23(39)19(53-27)15-51-59(45,46)57-61(49,50)58-60(47,48)52-16-20-25(55-29(41)17-7-3-1-4-8-17)26(56-30(42)18-9-5-2-6-10-18)28(54-20)36-14-12-22(38)34-32(36)44/h1-14,19-20,23-28,39-40H,15-16H2,(H,45,46)(H,47,48)(H,49,50)(H,33,37,43)(H,34,38,44)/t19-,20-,23-,24-,25-,26-,27-,28-/m1/s1. The van der Waals surface area contributed by atoms with Crippen LogP contribution in [0.2, 0.25) is 0 Å². The third-order valence-electron chi connectivity index (χ3n) is 8.60. The van der Waals surface area contributed by atoms with Crippen LogP contribution in [0, 0.1) is 0 Å². The molecule has 0 radical (unpaired) electrons. The number of esters is 2. The highest BCUT2D eigenvalue weighted by Gasteiger charge is 2.53. The number of rotatable bonds is 16. The third-order valence-corrected chi connectivity index (χ3v) is 12.8. The van der Waals surface area contributed by atoms with Crippen molar-refractivity contribution >= 4 is 35.4 Å². The summed E-state index contributed by atoms with van der Waals surface area (Å²) in [5.41, 5.74) is -3.86. The van der Waals surface area contributed by atoms with Crippen LogP contribution in [-0.4, -0.2) is 106 Å². The van der Waals surface area contributed by atoms with E-state index in [0.717, 1.165) is 29.1 Å². The summed E-state index contributed by atoms with van der Waals surface area (Å²) in [5.74, 6) is -2.09. The molecule has 61 heavy (non-hydrogen) atoms. The van der Waals surface area contributed by atoms with Crippen LogP contribution >= 0.6 is 23.5 Å². The second-order valence-corrected chi connectivity index (χ2v) is 17.4. The minimum Gasteiger partial charge on any atom is -0.452 e. The lowest BCUT2D eigenvalue weighted by Gasteiger charge is -2.25. The Morgan fingerprint density at radius 3 is 1.49 bits per heavy atom. The molecule has 0 aliphatic carbocycles. The van der Waals surface area contributed by atoms with Crippen molar-refractivity contribution in [2.75, 3.05) is 13.2 Å². The highest BCUT2D eigenvalue weighted by atomic mass is 31.3. The van der Waals surface area contributed by atoms with E-state index in [4.69, 9.17) is 23.5 Å². The molecule has 3 unspecified atom stereocenters. The molecule has 2 fully saturated rings. The van der Waals surface area contributed by atoms with Crippen LogP contribution in [0.3, 0.4) is 0 Å². The lowest BCUT2D eigenvalue weighted by molar-refractivity contribution is -0.0598. The van der Waals surface area contributed by atoms with Crippen molar-refractivity contribution in [3.8, 4) is 0 Å². The van der Waals surface area contributed by atoms with Gasteiger partial charge in [0.15, 0.2) is 24.7 Å². The fourth-order valence-electron chi connectivity index (χ4n) is 5.88. The van der Waals surface area contributed by atoms with Crippen LogP contribution in [0.1, 0.15) is 33.2 Å². The zero-order chi connectivity index (χ0) is 44.3. The van der Waals surface area contributed by atoms with Crippen LogP contribution in [0.15, 0.2) is 104 Å². The van der Waals surface area contributed by atoms with Gasteiger partial charge in [0, 0.05) is 24.5 Å². The third kappa shape index (κ3) is 11.3. The molecule has 0 saturated carbocycles. The molecule has 7 N–H and O–H groups in total. The minimum atomic E-state index is -6.15. The summed E-state index contributed by atoms with van der Waals surface area (Å²) < 4.78 is 79.7. The van der Waals surface area contributed by atoms with E-state index >= 15 is 0 Å². The number of aromatic amines is 2. The topological polar surface area (TPSA) is 370 Å². The van der Waals surface area contributed by atoms with E-state index in [1.165, 1.54) is 48.5 Å². The monoisotopic (exact) mass is 918 g/mol. The quantitative estimate of drug-likeness (QED) is 0.0546. The Kier molecular flexibility index (Phi) is 13.8. The summed E-state index contributed by atoms with van der Waals surface area (Å²) in [4.78, 5) is 109. The molecule has 2 aromatic carbocycles. The molecule has 29 heteroatoms. The largest absolute Gasteiger partial charge is 0.490 e. The number of nitrogens with zero attached hydrogens (tertiary/aromatic N) is 2. The van der Waals surface area contributed by atoms with Gasteiger partial charge in [-0.25, -0.2) is 32.9 Å². The minimum absolute atomic E-state index is 0.0172. The second kappa shape index (κ2) is 18.5. The van der Waals surface area contributed by atoms with E-state index in [1.807, 2.05) is 9.97 Å². The van der Waals surface area contributed by atoms with Gasteiger partial charge in [0.05, 0.1) is 24.3 Å². The number of benzene rings is 2. The van der Waals surface area contributed by atoms with E-state index < -0.39 is 120 Å². The molecule has 0 amide bonds. The van der Waals surface area contributed by atoms with E-state index in [2.05, 4.69) is 13.1 Å². The van der Waals surface area contributed by atoms with Crippen LogP contribution in [0.4, 0.5) is 0 Å². The first-order valence-corrected chi connectivity index (χ1v) is 21.7. The number of aliphatic hydroxyl groups excluding tert-OH is 2. The van der Waals surface area contributed by atoms with E-state index in [9.17, 15) is 67.4 Å². The van der Waals surface area contributed by atoms with Gasteiger partial charge < -0.3 is 43.8 Å². The number of hydrogen-bond acceptors (Lipinski definition) is 19. The number of aliphatic hydroxyl groups is 2. The van der Waals surface area contributed by atoms with Crippen molar-refractivity contribution in [1.29, 1.82) is 0 Å². The van der Waals surface area contributed by atoms with Gasteiger partial charge in [-0.15, -0.1) is 0 Å². The van der Waals surface area contributed by atoms with Crippen molar-refractivity contribution in [2.45, 2.75) is 49.1 Å². The summed E-state index contributed by atoms with van der Waals surface area (Å²) in [6.45, 7) is -2.41. The lowest BCUT2D eigenvalue weighted by atomic mass is 10.1. The number of phosphoric acid groups is 3. The highest BCUT2D eigenvalue weighted by molar-refractivity contribution is 7.66. The number of aromatic nitrogens is 4. The van der Waals surface area contributed by atoms with Gasteiger partial charge in [0.25, 0.3) is 11.1 Å². The zero-order valence-electron chi connectivity index (χ0n) is 30.5. The molecule has 2 aliphatic heterocycles. The van der Waals surface area contributed by atoms with E-state index in [0.29, 0.717) is 4.57 Å². The molecule has 26 nitrogen and oxygen atoms in total. The molecular weight excluding hydrogens is 885 g/mol. The number of carbonyl (C=O) groups is 2. The fourth-order valence-corrected chi connectivity index (χ4v) is 9.40. The molecule has 4 heterocycles. The summed E-state index contributed by atoms with van der Waals surface area (Å²) in [6, 6.07) is 16.3. The maximum atomic E-state index is 13.3. The van der Waals surface area contributed by atoms with Gasteiger partial charge in [-0.1, -0.05) is 36.4 Å². The van der Waals surface area contributed by atoms with E-state index in [-0.39, 0.29) is 11.1 Å². The average Bonchev–Trinajstić information content (AvgIpc) is 3.67. The van der Waals surface area contributed by atoms with Gasteiger partial charge in [0.1, 0.15) is 24.4 Å². The first-order chi connectivity index (χ1) is 28.7. The van der Waals surface area contributed by atoms with Crippen molar-refractivity contribution in [3.63, 3.8) is 0 Å². The van der Waals surface area contributed by atoms with Gasteiger partial charge >= 0.3 is 46.8 Å². The van der Waals surface area contributed by atoms with Gasteiger partial charge in [-0.3, -0.25) is 37.7 Å². The predicted molar refractivity (Wildman–Crippen MR) is 197 cm³/mol. The smallest absolute Gasteiger partial charge is 0.452 e. The molecule has 11 atom stereocenters. The fraction of sp³-hybridized carbons (Fsp3) is 0.312. The maximum absolute atomic E-state index is 13.3. The number of nitrogens with one attached hydrogen (secondary N) is 2. The SMILES string of the molecule is O=C(O[C@@H]1[C@H](OC(=O)c2ccccc2)[C@@H](COP(=O)(O)OP(=O)(O)OP(=O)(O)OC[C@H]2O[C@@H](n3ccc(=O)[nH]c3=O)[C@H](O)[C@@H]2O)O[C@H]1n1ccc(=O)[nH]c1=O)c1ccccc1. The lowest BCUT2D eigenvalue weighted by Crippen LogP contribution is -2.42.